The van der Waals surface area contributed by atoms with Gasteiger partial charge in [0.1, 0.15) is 12.4 Å². The quantitative estimate of drug-likeness (QED) is 0.275. The van der Waals surface area contributed by atoms with Gasteiger partial charge in [-0.05, 0) is 80.8 Å². The third-order valence-electron chi connectivity index (χ3n) is 10.3. The molecule has 4 nitrogen and oxygen atoms in total. The van der Waals surface area contributed by atoms with Gasteiger partial charge in [0, 0.05) is 30.3 Å². The summed E-state index contributed by atoms with van der Waals surface area (Å²) in [5.74, 6) is 1.84. The Morgan fingerprint density at radius 3 is 2.53 bits per heavy atom. The fourth-order valence-corrected chi connectivity index (χ4v) is 8.78. The molecule has 6 atom stereocenters. The van der Waals surface area contributed by atoms with Gasteiger partial charge in [0.25, 0.3) is 0 Å². The molecule has 4 rings (SSSR count). The number of hydrogen-bond donors (Lipinski definition) is 0. The number of rotatable bonds is 4. The summed E-state index contributed by atoms with van der Waals surface area (Å²) in [4.78, 5) is 24.6. The molecule has 1 unspecified atom stereocenters. The Hall–Kier alpha value is -0.943. The molecule has 0 aromatic rings. The normalized spacial score (nSPS) is 39.6. The molecule has 0 bridgehead atoms. The van der Waals surface area contributed by atoms with Crippen molar-refractivity contribution in [2.24, 2.45) is 28.6 Å². The predicted molar refractivity (Wildman–Crippen MR) is 130 cm³/mol. The van der Waals surface area contributed by atoms with Crippen LogP contribution in [0, 0.1) is 28.6 Å². The molecule has 0 spiro atoms. The zero-order valence-electron chi connectivity index (χ0n) is 21.4. The van der Waals surface area contributed by atoms with Crippen molar-refractivity contribution >= 4 is 20.1 Å². The van der Waals surface area contributed by atoms with E-state index in [1.54, 1.807) is 0 Å². The molecule has 3 fully saturated rings. The van der Waals surface area contributed by atoms with E-state index in [9.17, 15) is 9.59 Å². The van der Waals surface area contributed by atoms with Gasteiger partial charge in [0.05, 0.1) is 0 Å². The summed E-state index contributed by atoms with van der Waals surface area (Å²) < 4.78 is 12.6. The lowest BCUT2D eigenvalue weighted by Gasteiger charge is -2.58. The van der Waals surface area contributed by atoms with Crippen LogP contribution in [0.3, 0.4) is 0 Å². The molecule has 0 radical (unpaired) electrons. The first-order chi connectivity index (χ1) is 14.8. The highest BCUT2D eigenvalue weighted by Gasteiger charge is 2.60. The minimum absolute atomic E-state index is 0.0607. The van der Waals surface area contributed by atoms with Gasteiger partial charge in [-0.2, -0.15) is 0 Å². The lowest BCUT2D eigenvalue weighted by atomic mass is 9.47. The number of carbonyl (C=O) groups is 2. The summed E-state index contributed by atoms with van der Waals surface area (Å²) in [6.07, 6.45) is 10.7. The molecular formula is C27H44O4Si. The number of allylic oxidation sites excluding steroid dienone is 1. The second-order valence-corrected chi connectivity index (χ2v) is 17.7. The summed E-state index contributed by atoms with van der Waals surface area (Å²) in [5.41, 5.74) is 1.29. The van der Waals surface area contributed by atoms with E-state index in [0.29, 0.717) is 30.1 Å². The maximum atomic E-state index is 12.7. The molecular weight excluding hydrogens is 416 g/mol. The van der Waals surface area contributed by atoms with E-state index >= 15 is 0 Å². The van der Waals surface area contributed by atoms with Crippen molar-refractivity contribution in [3.8, 4) is 0 Å². The van der Waals surface area contributed by atoms with E-state index in [0.717, 1.165) is 51.4 Å². The van der Waals surface area contributed by atoms with Crippen molar-refractivity contribution in [2.75, 3.05) is 6.61 Å². The van der Waals surface area contributed by atoms with Crippen LogP contribution >= 0.6 is 0 Å². The first kappa shape index (κ1) is 24.2. The van der Waals surface area contributed by atoms with Crippen molar-refractivity contribution in [1.82, 2.24) is 0 Å². The van der Waals surface area contributed by atoms with Crippen LogP contribution in [-0.2, 0) is 18.8 Å². The topological polar surface area (TPSA) is 52.6 Å². The highest BCUT2D eigenvalue weighted by atomic mass is 28.4. The molecule has 5 heteroatoms. The number of hydrogen-bond acceptors (Lipinski definition) is 4. The minimum atomic E-state index is -1.83. The molecule has 0 aliphatic heterocycles. The second-order valence-electron chi connectivity index (χ2n) is 12.9. The molecule has 0 saturated heterocycles. The standard InChI is InChI=1S/C27H44O4Si/c1-18(28)30-17-27-15-12-20(31-32(6,7)25(2,3)4)16-19(27)8-9-21-22-10-11-24(29)26(22,5)14-13-23(21)27/h8,20-23H,9-17H2,1-7H3/t20?,21-,22-,23+,26-,27+/m0/s1. The molecule has 32 heavy (non-hydrogen) atoms. The van der Waals surface area contributed by atoms with Crippen LogP contribution < -0.4 is 0 Å². The Morgan fingerprint density at radius 2 is 1.88 bits per heavy atom. The van der Waals surface area contributed by atoms with E-state index in [2.05, 4.69) is 46.9 Å². The molecule has 0 heterocycles. The predicted octanol–water partition coefficient (Wildman–Crippen LogP) is 6.45. The SMILES string of the molecule is CC(=O)OC[C@]12CCC(O[Si](C)(C)C(C)(C)C)CC1=CC[C@@H]1[C@H]2CC[C@]2(C)C(=O)CC[C@@H]12. The monoisotopic (exact) mass is 460 g/mol. The van der Waals surface area contributed by atoms with Crippen LogP contribution in [-0.4, -0.2) is 32.8 Å². The lowest BCUT2D eigenvalue weighted by Crippen LogP contribution is -2.54. The van der Waals surface area contributed by atoms with Gasteiger partial charge in [-0.15, -0.1) is 0 Å². The van der Waals surface area contributed by atoms with Crippen LogP contribution in [0.25, 0.3) is 0 Å². The number of ether oxygens (including phenoxy) is 1. The summed E-state index contributed by atoms with van der Waals surface area (Å²) >= 11 is 0. The molecule has 3 saturated carbocycles. The third kappa shape index (κ3) is 3.85. The zero-order chi connectivity index (χ0) is 23.5. The van der Waals surface area contributed by atoms with Gasteiger partial charge in [-0.1, -0.05) is 39.3 Å². The maximum absolute atomic E-state index is 12.7. The number of fused-ring (bicyclic) bond motifs is 5. The highest BCUT2D eigenvalue weighted by Crippen LogP contribution is 2.64. The average Bonchev–Trinajstić information content (AvgIpc) is 3.00. The van der Waals surface area contributed by atoms with Crippen LogP contribution in [0.15, 0.2) is 11.6 Å². The van der Waals surface area contributed by atoms with E-state index in [-0.39, 0.29) is 27.9 Å². The van der Waals surface area contributed by atoms with E-state index in [1.165, 1.54) is 12.5 Å². The van der Waals surface area contributed by atoms with Crippen LogP contribution in [0.4, 0.5) is 0 Å². The summed E-state index contributed by atoms with van der Waals surface area (Å²) in [6.45, 7) is 15.9. The van der Waals surface area contributed by atoms with E-state index in [1.807, 2.05) is 0 Å². The Balaban J connectivity index is 1.62. The Bertz CT molecular complexity index is 809. The third-order valence-corrected chi connectivity index (χ3v) is 14.8. The van der Waals surface area contributed by atoms with Gasteiger partial charge < -0.3 is 9.16 Å². The molecule has 0 amide bonds. The van der Waals surface area contributed by atoms with E-state index in [4.69, 9.17) is 9.16 Å². The molecule has 4 aliphatic carbocycles. The molecule has 180 valence electrons. The van der Waals surface area contributed by atoms with Crippen molar-refractivity contribution in [3.05, 3.63) is 11.6 Å². The summed E-state index contributed by atoms with van der Waals surface area (Å²) in [7, 11) is -1.83. The molecule has 0 aromatic heterocycles. The lowest BCUT2D eigenvalue weighted by molar-refractivity contribution is -0.150. The number of ketones is 1. The molecule has 4 aliphatic rings. The molecule has 0 N–H and O–H groups in total. The van der Waals surface area contributed by atoms with Gasteiger partial charge in [-0.25, -0.2) is 0 Å². The van der Waals surface area contributed by atoms with Crippen LogP contribution in [0.1, 0.15) is 86.0 Å². The van der Waals surface area contributed by atoms with Gasteiger partial charge in [0.2, 0.25) is 0 Å². The smallest absolute Gasteiger partial charge is 0.302 e. The van der Waals surface area contributed by atoms with Crippen molar-refractivity contribution in [1.29, 1.82) is 0 Å². The van der Waals surface area contributed by atoms with Crippen molar-refractivity contribution in [3.63, 3.8) is 0 Å². The fourth-order valence-electron chi connectivity index (χ4n) is 7.39. The summed E-state index contributed by atoms with van der Waals surface area (Å²) in [5, 5.41) is 0.203. The van der Waals surface area contributed by atoms with E-state index < -0.39 is 8.32 Å². The summed E-state index contributed by atoms with van der Waals surface area (Å²) in [6, 6.07) is 0. The molecule has 0 aromatic carbocycles. The number of carbonyl (C=O) groups excluding carboxylic acids is 2. The largest absolute Gasteiger partial charge is 0.465 e. The number of Topliss-reactive ketones (excluding diaryl/α,β-unsaturated/α-hetero) is 1. The average molecular weight is 461 g/mol. The van der Waals surface area contributed by atoms with Gasteiger partial charge in [0.15, 0.2) is 8.32 Å². The van der Waals surface area contributed by atoms with Crippen LogP contribution in [0.2, 0.25) is 18.1 Å². The first-order valence-electron chi connectivity index (χ1n) is 12.8. The zero-order valence-corrected chi connectivity index (χ0v) is 22.4. The van der Waals surface area contributed by atoms with Crippen molar-refractivity contribution in [2.45, 2.75) is 110 Å². The Labute approximate surface area is 196 Å². The highest BCUT2D eigenvalue weighted by molar-refractivity contribution is 6.74. The van der Waals surface area contributed by atoms with Gasteiger partial charge >= 0.3 is 5.97 Å². The Kier molecular flexibility index (Phi) is 6.10. The van der Waals surface area contributed by atoms with Gasteiger partial charge in [-0.3, -0.25) is 9.59 Å². The first-order valence-corrected chi connectivity index (χ1v) is 15.7. The Morgan fingerprint density at radius 1 is 1.16 bits per heavy atom. The number of esters is 1. The maximum Gasteiger partial charge on any atom is 0.302 e. The van der Waals surface area contributed by atoms with Crippen LogP contribution in [0.5, 0.6) is 0 Å². The fraction of sp³-hybridized carbons (Fsp3) is 0.852. The second kappa shape index (κ2) is 8.08. The van der Waals surface area contributed by atoms with Crippen molar-refractivity contribution < 1.29 is 18.8 Å². The minimum Gasteiger partial charge on any atom is -0.465 e.